The molecule has 4 aromatic rings. The molecule has 3 aromatic carbocycles. The fraction of sp³-hybridized carbons (Fsp3) is 0.475. The van der Waals surface area contributed by atoms with E-state index >= 15 is 0 Å². The monoisotopic (exact) mass is 661 g/mol. The van der Waals surface area contributed by atoms with E-state index in [-0.39, 0.29) is 24.1 Å². The van der Waals surface area contributed by atoms with Gasteiger partial charge in [-0.2, -0.15) is 0 Å². The number of aryl methyl sites for hydroxylation is 2. The van der Waals surface area contributed by atoms with E-state index in [1.165, 1.54) is 22.3 Å². The minimum atomic E-state index is -0.288. The number of carbonyl (C=O) groups is 2. The summed E-state index contributed by atoms with van der Waals surface area (Å²) >= 11 is 0. The third kappa shape index (κ3) is 7.04. The molecule has 3 aliphatic heterocycles. The van der Waals surface area contributed by atoms with Crippen molar-refractivity contribution in [3.8, 4) is 0 Å². The van der Waals surface area contributed by atoms with Crippen molar-refractivity contribution in [3.63, 3.8) is 0 Å². The Balaban J connectivity index is 1.12. The molecular formula is C40H51N7O2. The molecule has 0 unspecified atom stereocenters. The first-order valence-electron chi connectivity index (χ1n) is 18.4. The molecular weight excluding hydrogens is 610 g/mol. The highest BCUT2D eigenvalue weighted by molar-refractivity contribution is 5.91. The molecule has 49 heavy (non-hydrogen) atoms. The van der Waals surface area contributed by atoms with Crippen LogP contribution in [0.2, 0.25) is 0 Å². The van der Waals surface area contributed by atoms with Gasteiger partial charge in [-0.05, 0) is 112 Å². The van der Waals surface area contributed by atoms with Crippen molar-refractivity contribution < 1.29 is 9.59 Å². The predicted octanol–water partition coefficient (Wildman–Crippen LogP) is 6.98. The van der Waals surface area contributed by atoms with Crippen LogP contribution in [0.1, 0.15) is 79.7 Å². The number of benzene rings is 3. The van der Waals surface area contributed by atoms with Crippen LogP contribution >= 0.6 is 0 Å². The van der Waals surface area contributed by atoms with E-state index in [2.05, 4.69) is 89.5 Å². The Morgan fingerprint density at radius 2 is 1.59 bits per heavy atom. The number of aromatic nitrogens is 2. The van der Waals surface area contributed by atoms with Gasteiger partial charge in [0.1, 0.15) is 5.82 Å². The smallest absolute Gasteiger partial charge is 0.322 e. The lowest BCUT2D eigenvalue weighted by molar-refractivity contribution is 0.132. The Hall–Kier alpha value is -4.37. The van der Waals surface area contributed by atoms with Crippen molar-refractivity contribution in [3.05, 3.63) is 94.8 Å². The number of para-hydroxylation sites is 3. The fourth-order valence-electron chi connectivity index (χ4n) is 8.23. The number of nitrogens with one attached hydrogen (secondary N) is 2. The molecule has 4 heterocycles. The number of piperidine rings is 2. The normalized spacial score (nSPS) is 18.6. The summed E-state index contributed by atoms with van der Waals surface area (Å²) in [6, 6.07) is 23.3. The molecule has 2 fully saturated rings. The van der Waals surface area contributed by atoms with Gasteiger partial charge in [-0.15, -0.1) is 0 Å². The van der Waals surface area contributed by atoms with E-state index in [4.69, 9.17) is 4.98 Å². The Labute approximate surface area is 290 Å². The van der Waals surface area contributed by atoms with Crippen molar-refractivity contribution in [2.24, 2.45) is 0 Å². The van der Waals surface area contributed by atoms with Gasteiger partial charge < -0.3 is 29.9 Å². The lowest BCUT2D eigenvalue weighted by Gasteiger charge is -2.38. The number of imidazole rings is 1. The molecule has 0 bridgehead atoms. The summed E-state index contributed by atoms with van der Waals surface area (Å²) in [7, 11) is 2.19. The number of anilines is 1. The molecule has 0 spiro atoms. The number of rotatable bonds is 8. The van der Waals surface area contributed by atoms with Gasteiger partial charge in [0.25, 0.3) is 0 Å². The Morgan fingerprint density at radius 3 is 2.37 bits per heavy atom. The second-order valence-electron chi connectivity index (χ2n) is 14.1. The number of nitrogens with zero attached hydrogens (tertiary/aromatic N) is 5. The van der Waals surface area contributed by atoms with Crippen LogP contribution in [0.25, 0.3) is 11.0 Å². The van der Waals surface area contributed by atoms with E-state index < -0.39 is 0 Å². The number of urea groups is 2. The number of hydrogen-bond acceptors (Lipinski definition) is 4. The van der Waals surface area contributed by atoms with E-state index in [0.29, 0.717) is 32.1 Å². The minimum Gasteiger partial charge on any atom is -0.328 e. The minimum absolute atomic E-state index is 0.0405. The molecule has 0 saturated carbocycles. The highest BCUT2D eigenvalue weighted by Crippen LogP contribution is 2.33. The van der Waals surface area contributed by atoms with Crippen molar-refractivity contribution in [2.45, 2.75) is 83.3 Å². The lowest BCUT2D eigenvalue weighted by Crippen LogP contribution is -2.52. The number of amides is 4. The number of fused-ring (bicyclic) bond motifs is 2. The highest BCUT2D eigenvalue weighted by Gasteiger charge is 2.33. The van der Waals surface area contributed by atoms with Crippen molar-refractivity contribution in [2.75, 3.05) is 45.1 Å². The van der Waals surface area contributed by atoms with Gasteiger partial charge in [0.05, 0.1) is 17.1 Å². The summed E-state index contributed by atoms with van der Waals surface area (Å²) < 4.78 is 2.44. The Bertz CT molecular complexity index is 1780. The Kier molecular flexibility index (Phi) is 9.89. The molecule has 0 aliphatic carbocycles. The van der Waals surface area contributed by atoms with E-state index in [1.54, 1.807) is 0 Å². The molecule has 2 saturated heterocycles. The standard InChI is InChI=1S/C40H51N7O2/c1-4-29-15-14-28(26-30(29)5-2)27-36(38-41-35-12-8-9-13-37(35)47(38)33-17-21-44(3)22-18-33)43-39(48)45-23-19-32(20-24-45)46-25-16-31-10-6-7-11-34(31)42-40(46)49/h6-15,26,32-33,36H,4-5,16-25,27H2,1-3H3,(H,42,49)(H,43,48)/t36-/m1/s1. The van der Waals surface area contributed by atoms with Crippen LogP contribution in [0.3, 0.4) is 0 Å². The maximum Gasteiger partial charge on any atom is 0.322 e. The molecule has 7 rings (SSSR count). The van der Waals surface area contributed by atoms with Gasteiger partial charge in [-0.1, -0.05) is 62.4 Å². The molecule has 1 aromatic heterocycles. The van der Waals surface area contributed by atoms with Crippen LogP contribution in [0, 0.1) is 0 Å². The molecule has 0 radical (unpaired) electrons. The van der Waals surface area contributed by atoms with E-state index in [9.17, 15) is 9.59 Å². The number of likely N-dealkylation sites (tertiary alicyclic amines) is 2. The first kappa shape index (κ1) is 33.1. The zero-order valence-corrected chi connectivity index (χ0v) is 29.3. The van der Waals surface area contributed by atoms with E-state index in [0.717, 1.165) is 80.6 Å². The first-order valence-corrected chi connectivity index (χ1v) is 18.4. The topological polar surface area (TPSA) is 85.7 Å². The van der Waals surface area contributed by atoms with Crippen molar-refractivity contribution >= 4 is 28.8 Å². The van der Waals surface area contributed by atoms with Gasteiger partial charge >= 0.3 is 12.1 Å². The molecule has 3 aliphatic rings. The van der Waals surface area contributed by atoms with Crippen molar-refractivity contribution in [1.82, 2.24) is 29.6 Å². The predicted molar refractivity (Wildman–Crippen MR) is 196 cm³/mol. The second-order valence-corrected chi connectivity index (χ2v) is 14.1. The summed E-state index contributed by atoms with van der Waals surface area (Å²) in [5.41, 5.74) is 8.16. The quantitative estimate of drug-likeness (QED) is 0.214. The van der Waals surface area contributed by atoms with Gasteiger partial charge in [0.2, 0.25) is 0 Å². The van der Waals surface area contributed by atoms with Crippen LogP contribution in [-0.4, -0.2) is 82.1 Å². The van der Waals surface area contributed by atoms with Gasteiger partial charge in [-0.3, -0.25) is 0 Å². The summed E-state index contributed by atoms with van der Waals surface area (Å²) in [4.78, 5) is 39.0. The first-order chi connectivity index (χ1) is 23.9. The zero-order chi connectivity index (χ0) is 33.9. The molecule has 1 atom stereocenters. The number of carbonyl (C=O) groups excluding carboxylic acids is 2. The third-order valence-electron chi connectivity index (χ3n) is 11.1. The van der Waals surface area contributed by atoms with Crippen molar-refractivity contribution in [1.29, 1.82) is 0 Å². The maximum atomic E-state index is 14.2. The number of hydrogen-bond donors (Lipinski definition) is 2. The third-order valence-corrected chi connectivity index (χ3v) is 11.1. The molecule has 258 valence electrons. The van der Waals surface area contributed by atoms with Crippen LogP contribution in [-0.2, 0) is 25.7 Å². The van der Waals surface area contributed by atoms with Crippen LogP contribution < -0.4 is 10.6 Å². The summed E-state index contributed by atoms with van der Waals surface area (Å²) in [6.07, 6.45) is 7.12. The molecule has 2 N–H and O–H groups in total. The van der Waals surface area contributed by atoms with Gasteiger partial charge in [-0.25, -0.2) is 14.6 Å². The maximum absolute atomic E-state index is 14.2. The zero-order valence-electron chi connectivity index (χ0n) is 29.3. The Morgan fingerprint density at radius 1 is 0.878 bits per heavy atom. The summed E-state index contributed by atoms with van der Waals surface area (Å²) in [5.74, 6) is 0.942. The van der Waals surface area contributed by atoms with Crippen LogP contribution in [0.4, 0.5) is 15.3 Å². The average molecular weight is 662 g/mol. The molecule has 9 heteroatoms. The molecule has 9 nitrogen and oxygen atoms in total. The average Bonchev–Trinajstić information content (AvgIpc) is 3.43. The molecule has 4 amide bonds. The van der Waals surface area contributed by atoms with Gasteiger partial charge in [0.15, 0.2) is 0 Å². The highest BCUT2D eigenvalue weighted by atomic mass is 16.2. The van der Waals surface area contributed by atoms with Gasteiger partial charge in [0, 0.05) is 37.4 Å². The lowest BCUT2D eigenvalue weighted by atomic mass is 9.96. The van der Waals surface area contributed by atoms with E-state index in [1.807, 2.05) is 28.0 Å². The fourth-order valence-corrected chi connectivity index (χ4v) is 8.23. The van der Waals surface area contributed by atoms with Crippen LogP contribution in [0.15, 0.2) is 66.7 Å². The SMILES string of the molecule is CCc1ccc(C[C@@H](NC(=O)N2CCC(N3CCc4ccccc4NC3=O)CC2)c2nc3ccccc3n2C2CCN(C)CC2)cc1CC. The second kappa shape index (κ2) is 14.6. The summed E-state index contributed by atoms with van der Waals surface area (Å²) in [5, 5.41) is 6.61. The summed E-state index contributed by atoms with van der Waals surface area (Å²) in [6.45, 7) is 8.42. The van der Waals surface area contributed by atoms with Crippen LogP contribution in [0.5, 0.6) is 0 Å². The largest absolute Gasteiger partial charge is 0.328 e.